The van der Waals surface area contributed by atoms with Crippen LogP contribution in [0.2, 0.25) is 0 Å². The normalized spacial score (nSPS) is 11.5. The van der Waals surface area contributed by atoms with Gasteiger partial charge in [-0.2, -0.15) is 0 Å². The number of pyridine rings is 1. The van der Waals surface area contributed by atoms with Crippen LogP contribution in [0.25, 0.3) is 0 Å². The molecule has 0 aliphatic carbocycles. The smallest absolute Gasteiger partial charge is 0.319 e. The lowest BCUT2D eigenvalue weighted by Crippen LogP contribution is -2.33. The van der Waals surface area contributed by atoms with E-state index >= 15 is 0 Å². The minimum absolute atomic E-state index is 0.0187. The van der Waals surface area contributed by atoms with E-state index in [-0.39, 0.29) is 12.3 Å². The van der Waals surface area contributed by atoms with Gasteiger partial charge in [-0.3, -0.25) is 4.79 Å². The molecule has 1 heterocycles. The van der Waals surface area contributed by atoms with Crippen molar-refractivity contribution in [2.75, 3.05) is 18.5 Å². The maximum absolute atomic E-state index is 11.6. The topological polar surface area (TPSA) is 101 Å². The van der Waals surface area contributed by atoms with Gasteiger partial charge >= 0.3 is 12.0 Å². The van der Waals surface area contributed by atoms with Crippen molar-refractivity contribution in [1.82, 2.24) is 10.3 Å². The van der Waals surface area contributed by atoms with E-state index in [9.17, 15) is 9.59 Å². The van der Waals surface area contributed by atoms with Crippen LogP contribution < -0.4 is 15.4 Å². The van der Waals surface area contributed by atoms with Gasteiger partial charge in [0, 0.05) is 19.0 Å². The van der Waals surface area contributed by atoms with Gasteiger partial charge in [0.2, 0.25) is 5.88 Å². The summed E-state index contributed by atoms with van der Waals surface area (Å²) in [5, 5.41) is 13.8. The van der Waals surface area contributed by atoms with Gasteiger partial charge in [-0.1, -0.05) is 6.92 Å². The van der Waals surface area contributed by atoms with Gasteiger partial charge in [0.1, 0.15) is 0 Å². The number of ether oxygens (including phenoxy) is 1. The molecule has 0 radical (unpaired) electrons. The number of aliphatic carboxylic acids is 1. The monoisotopic (exact) mass is 281 g/mol. The molecule has 110 valence electrons. The zero-order valence-electron chi connectivity index (χ0n) is 11.5. The fourth-order valence-electron chi connectivity index (χ4n) is 1.50. The number of nitrogens with zero attached hydrogens (tertiary/aromatic N) is 1. The van der Waals surface area contributed by atoms with Gasteiger partial charge in [0.05, 0.1) is 18.5 Å². The summed E-state index contributed by atoms with van der Waals surface area (Å²) in [5.74, 6) is -0.513. The first-order valence-electron chi connectivity index (χ1n) is 6.36. The number of carbonyl (C=O) groups is 2. The molecule has 0 fully saturated rings. The molecule has 0 aliphatic heterocycles. The van der Waals surface area contributed by atoms with Gasteiger partial charge in [-0.25, -0.2) is 9.78 Å². The van der Waals surface area contributed by atoms with Crippen molar-refractivity contribution in [2.45, 2.75) is 20.3 Å². The Balaban J connectivity index is 2.36. The summed E-state index contributed by atoms with van der Waals surface area (Å²) < 4.78 is 5.19. The first-order chi connectivity index (χ1) is 9.51. The second-order valence-corrected chi connectivity index (χ2v) is 4.36. The third-order valence-corrected chi connectivity index (χ3v) is 2.42. The summed E-state index contributed by atoms with van der Waals surface area (Å²) in [6, 6.07) is 2.94. The van der Waals surface area contributed by atoms with E-state index in [1.54, 1.807) is 19.1 Å². The van der Waals surface area contributed by atoms with Gasteiger partial charge < -0.3 is 20.5 Å². The van der Waals surface area contributed by atoms with E-state index in [2.05, 4.69) is 15.6 Å². The van der Waals surface area contributed by atoms with E-state index in [1.165, 1.54) is 6.20 Å². The number of carboxylic acid groups (broad SMARTS) is 1. The fourth-order valence-corrected chi connectivity index (χ4v) is 1.50. The van der Waals surface area contributed by atoms with Crippen LogP contribution in [0.3, 0.4) is 0 Å². The molecule has 0 saturated carbocycles. The number of aromatic nitrogens is 1. The summed E-state index contributed by atoms with van der Waals surface area (Å²) in [6.45, 7) is 4.44. The van der Waals surface area contributed by atoms with E-state index in [0.717, 1.165) is 0 Å². The summed E-state index contributed by atoms with van der Waals surface area (Å²) >= 11 is 0. The zero-order chi connectivity index (χ0) is 15.0. The summed E-state index contributed by atoms with van der Waals surface area (Å²) in [5.41, 5.74) is 0.539. The first kappa shape index (κ1) is 15.7. The van der Waals surface area contributed by atoms with E-state index in [4.69, 9.17) is 9.84 Å². The largest absolute Gasteiger partial charge is 0.481 e. The lowest BCUT2D eigenvalue weighted by molar-refractivity contribution is -0.137. The fraction of sp³-hybridized carbons (Fsp3) is 0.462. The number of carbonyl (C=O) groups excluding carboxylic acids is 1. The summed E-state index contributed by atoms with van der Waals surface area (Å²) in [6.07, 6.45) is 1.51. The van der Waals surface area contributed by atoms with Crippen LogP contribution in [0.1, 0.15) is 20.3 Å². The van der Waals surface area contributed by atoms with Crippen molar-refractivity contribution >= 4 is 17.7 Å². The Labute approximate surface area is 117 Å². The molecule has 7 nitrogen and oxygen atoms in total. The number of anilines is 1. The number of hydrogen-bond donors (Lipinski definition) is 3. The average molecular weight is 281 g/mol. The minimum Gasteiger partial charge on any atom is -0.481 e. The van der Waals surface area contributed by atoms with Crippen molar-refractivity contribution < 1.29 is 19.4 Å². The molecule has 0 bridgehead atoms. The van der Waals surface area contributed by atoms with Crippen LogP contribution in [0.4, 0.5) is 10.5 Å². The maximum Gasteiger partial charge on any atom is 0.319 e. The van der Waals surface area contributed by atoms with Gasteiger partial charge in [0.15, 0.2) is 0 Å². The van der Waals surface area contributed by atoms with Crippen molar-refractivity contribution in [3.63, 3.8) is 0 Å². The second kappa shape index (κ2) is 7.98. The number of urea groups is 1. The molecule has 20 heavy (non-hydrogen) atoms. The Bertz CT molecular complexity index is 447. The minimum atomic E-state index is -0.879. The molecule has 1 atom stereocenters. The van der Waals surface area contributed by atoms with E-state index in [0.29, 0.717) is 24.7 Å². The van der Waals surface area contributed by atoms with Gasteiger partial charge in [0.25, 0.3) is 0 Å². The predicted molar refractivity (Wildman–Crippen MR) is 73.8 cm³/mol. The zero-order valence-corrected chi connectivity index (χ0v) is 11.5. The SMILES string of the molecule is CCOc1ccc(NC(=O)NCC(C)CC(=O)O)cn1. The quantitative estimate of drug-likeness (QED) is 0.706. The van der Waals surface area contributed by atoms with E-state index in [1.807, 2.05) is 6.92 Å². The molecule has 1 rings (SSSR count). The average Bonchev–Trinajstić information content (AvgIpc) is 2.38. The van der Waals surface area contributed by atoms with Gasteiger partial charge in [-0.05, 0) is 18.9 Å². The van der Waals surface area contributed by atoms with Crippen molar-refractivity contribution in [3.05, 3.63) is 18.3 Å². The number of carboxylic acids is 1. The van der Waals surface area contributed by atoms with Crippen LogP contribution in [0.15, 0.2) is 18.3 Å². The molecule has 3 N–H and O–H groups in total. The molecule has 7 heteroatoms. The predicted octanol–water partition coefficient (Wildman–Crippen LogP) is 1.71. The number of hydrogen-bond acceptors (Lipinski definition) is 4. The third-order valence-electron chi connectivity index (χ3n) is 2.42. The lowest BCUT2D eigenvalue weighted by Gasteiger charge is -2.11. The Morgan fingerprint density at radius 1 is 1.45 bits per heavy atom. The molecular weight excluding hydrogens is 262 g/mol. The molecule has 2 amide bonds. The highest BCUT2D eigenvalue weighted by Gasteiger charge is 2.09. The summed E-state index contributed by atoms with van der Waals surface area (Å²) in [4.78, 5) is 26.1. The number of amides is 2. The molecule has 0 spiro atoms. The van der Waals surface area contributed by atoms with Crippen LogP contribution in [-0.4, -0.2) is 35.2 Å². The molecular formula is C13H19N3O4. The van der Waals surface area contributed by atoms with Crippen molar-refractivity contribution in [3.8, 4) is 5.88 Å². The second-order valence-electron chi connectivity index (χ2n) is 4.36. The molecule has 0 aliphatic rings. The highest BCUT2D eigenvalue weighted by Crippen LogP contribution is 2.11. The van der Waals surface area contributed by atoms with Gasteiger partial charge in [-0.15, -0.1) is 0 Å². The number of rotatable bonds is 7. The van der Waals surface area contributed by atoms with Crippen molar-refractivity contribution in [1.29, 1.82) is 0 Å². The third kappa shape index (κ3) is 6.03. The Morgan fingerprint density at radius 3 is 2.75 bits per heavy atom. The van der Waals surface area contributed by atoms with Crippen LogP contribution in [-0.2, 0) is 4.79 Å². The number of nitrogens with one attached hydrogen (secondary N) is 2. The molecule has 0 aromatic carbocycles. The molecule has 1 aromatic rings. The van der Waals surface area contributed by atoms with Crippen LogP contribution >= 0.6 is 0 Å². The van der Waals surface area contributed by atoms with Crippen LogP contribution in [0.5, 0.6) is 5.88 Å². The van der Waals surface area contributed by atoms with E-state index < -0.39 is 12.0 Å². The Kier molecular flexibility index (Phi) is 6.28. The maximum atomic E-state index is 11.6. The lowest BCUT2D eigenvalue weighted by atomic mass is 10.1. The molecule has 1 unspecified atom stereocenters. The van der Waals surface area contributed by atoms with Crippen molar-refractivity contribution in [2.24, 2.45) is 5.92 Å². The Morgan fingerprint density at radius 2 is 2.20 bits per heavy atom. The summed E-state index contributed by atoms with van der Waals surface area (Å²) in [7, 11) is 0. The first-order valence-corrected chi connectivity index (χ1v) is 6.36. The highest BCUT2D eigenvalue weighted by molar-refractivity contribution is 5.89. The standard InChI is InChI=1S/C13H19N3O4/c1-3-20-11-5-4-10(8-14-11)16-13(19)15-7-9(2)6-12(17)18/h4-5,8-9H,3,6-7H2,1-2H3,(H,17,18)(H2,15,16,19). The highest BCUT2D eigenvalue weighted by atomic mass is 16.5. The molecule has 0 saturated heterocycles. The Hall–Kier alpha value is -2.31. The van der Waals surface area contributed by atoms with Crippen LogP contribution in [0, 0.1) is 5.92 Å². The molecule has 1 aromatic heterocycles.